The first-order valence-corrected chi connectivity index (χ1v) is 12.1. The Bertz CT molecular complexity index is 1110. The second-order valence-corrected chi connectivity index (χ2v) is 8.48. The Kier molecular flexibility index (Phi) is 10.8. The number of amides is 2. The monoisotopic (exact) mass is 523 g/mol. The number of aliphatic hydroxyl groups is 1. The van der Waals surface area contributed by atoms with Gasteiger partial charge in [-0.05, 0) is 60.5 Å². The van der Waals surface area contributed by atoms with Gasteiger partial charge in [-0.2, -0.15) is 0 Å². The smallest absolute Gasteiger partial charge is 0.411 e. The first-order valence-electron chi connectivity index (χ1n) is 12.1. The fourth-order valence-corrected chi connectivity index (χ4v) is 3.80. The van der Waals surface area contributed by atoms with E-state index >= 15 is 0 Å². The van der Waals surface area contributed by atoms with E-state index < -0.39 is 18.3 Å². The number of hydrogen-bond donors (Lipinski definition) is 5. The number of aliphatic hydroxyl groups excluding tert-OH is 1. The topological polar surface area (TPSA) is 138 Å². The van der Waals surface area contributed by atoms with E-state index in [1.54, 1.807) is 18.2 Å². The van der Waals surface area contributed by atoms with E-state index in [1.165, 1.54) is 20.3 Å². The first-order chi connectivity index (χ1) is 18.4. The highest BCUT2D eigenvalue weighted by molar-refractivity contribution is 5.85. The number of benzene rings is 3. The van der Waals surface area contributed by atoms with Crippen LogP contribution in [0.25, 0.3) is 0 Å². The van der Waals surface area contributed by atoms with Crippen LogP contribution in [0, 0.1) is 0 Å². The third-order valence-electron chi connectivity index (χ3n) is 5.74. The van der Waals surface area contributed by atoms with Crippen LogP contribution in [0.15, 0.2) is 72.8 Å². The van der Waals surface area contributed by atoms with Gasteiger partial charge >= 0.3 is 12.2 Å². The van der Waals surface area contributed by atoms with Gasteiger partial charge in [-0.3, -0.25) is 10.6 Å². The first kappa shape index (κ1) is 28.3. The number of hydrogen-bond acceptors (Lipinski definition) is 8. The molecule has 0 aliphatic rings. The van der Waals surface area contributed by atoms with Gasteiger partial charge in [-0.25, -0.2) is 9.59 Å². The molecule has 38 heavy (non-hydrogen) atoms. The fraction of sp³-hybridized carbons (Fsp3) is 0.286. The van der Waals surface area contributed by atoms with Crippen LogP contribution in [0.5, 0.6) is 11.5 Å². The maximum atomic E-state index is 11.5. The molecule has 202 valence electrons. The fourth-order valence-electron chi connectivity index (χ4n) is 3.80. The normalized spacial score (nSPS) is 11.5. The molecule has 0 bridgehead atoms. The van der Waals surface area contributed by atoms with Crippen molar-refractivity contribution in [2.75, 3.05) is 44.5 Å². The van der Waals surface area contributed by atoms with Crippen molar-refractivity contribution >= 4 is 23.6 Å². The minimum absolute atomic E-state index is 0.00235. The van der Waals surface area contributed by atoms with Crippen LogP contribution in [-0.4, -0.2) is 62.4 Å². The highest BCUT2D eigenvalue weighted by atomic mass is 16.5. The summed E-state index contributed by atoms with van der Waals surface area (Å²) in [5.41, 5.74) is 3.29. The van der Waals surface area contributed by atoms with Crippen LogP contribution in [0.2, 0.25) is 0 Å². The predicted molar refractivity (Wildman–Crippen MR) is 144 cm³/mol. The minimum atomic E-state index is -0.733. The zero-order valence-corrected chi connectivity index (χ0v) is 21.3. The molecule has 10 heteroatoms. The summed E-state index contributed by atoms with van der Waals surface area (Å²) in [6, 6.07) is 21.4. The van der Waals surface area contributed by atoms with E-state index in [9.17, 15) is 19.8 Å². The van der Waals surface area contributed by atoms with Gasteiger partial charge in [0.25, 0.3) is 0 Å². The zero-order chi connectivity index (χ0) is 27.3. The largest absolute Gasteiger partial charge is 0.508 e. The second kappa shape index (κ2) is 14.5. The standard InChI is InChI=1S/C28H33N3O7/c1-36-27(34)30-21-10-6-19(7-11-21)26(20-8-12-22(13-9-20)31-28(35)37-2)14-15-29-17-24(33)18-38-25-5-3-4-23(32)16-25/h3-13,16,24,26,29,32-33H,14-15,17-18H2,1-2H3,(H,30,34)(H,31,35). The molecule has 0 heterocycles. The van der Waals surface area contributed by atoms with Gasteiger partial charge in [-0.15, -0.1) is 0 Å². The zero-order valence-electron chi connectivity index (χ0n) is 21.3. The molecule has 1 unspecified atom stereocenters. The van der Waals surface area contributed by atoms with Crippen LogP contribution in [0.4, 0.5) is 21.0 Å². The Morgan fingerprint density at radius 2 is 1.39 bits per heavy atom. The summed E-state index contributed by atoms with van der Waals surface area (Å²) in [5, 5.41) is 28.4. The lowest BCUT2D eigenvalue weighted by Gasteiger charge is -2.20. The lowest BCUT2D eigenvalue weighted by molar-refractivity contribution is 0.106. The Morgan fingerprint density at radius 1 is 0.842 bits per heavy atom. The number of ether oxygens (including phenoxy) is 3. The Balaban J connectivity index is 1.61. The molecule has 2 amide bonds. The molecule has 3 aromatic carbocycles. The molecule has 0 saturated carbocycles. The number of phenolic OH excluding ortho intramolecular Hbond substituents is 1. The lowest BCUT2D eigenvalue weighted by Crippen LogP contribution is -2.32. The molecule has 0 aliphatic heterocycles. The Morgan fingerprint density at radius 3 is 1.89 bits per heavy atom. The third-order valence-corrected chi connectivity index (χ3v) is 5.74. The van der Waals surface area contributed by atoms with E-state index in [4.69, 9.17) is 4.74 Å². The van der Waals surface area contributed by atoms with Gasteiger partial charge in [0.2, 0.25) is 0 Å². The molecule has 1 atom stereocenters. The molecule has 5 N–H and O–H groups in total. The predicted octanol–water partition coefficient (Wildman–Crippen LogP) is 4.30. The van der Waals surface area contributed by atoms with Crippen molar-refractivity contribution in [3.05, 3.63) is 83.9 Å². The summed E-state index contributed by atoms with van der Waals surface area (Å²) in [4.78, 5) is 23.0. The van der Waals surface area contributed by atoms with Crippen LogP contribution < -0.4 is 20.7 Å². The number of phenols is 1. The number of carbonyl (C=O) groups excluding carboxylic acids is 2. The maximum absolute atomic E-state index is 11.5. The quantitative estimate of drug-likeness (QED) is 0.222. The van der Waals surface area contributed by atoms with Crippen molar-refractivity contribution in [1.82, 2.24) is 5.32 Å². The van der Waals surface area contributed by atoms with Gasteiger partial charge < -0.3 is 29.7 Å². The number of carbonyl (C=O) groups is 2. The van der Waals surface area contributed by atoms with Crippen molar-refractivity contribution in [3.63, 3.8) is 0 Å². The summed E-state index contributed by atoms with van der Waals surface area (Å²) >= 11 is 0. The van der Waals surface area contributed by atoms with Gasteiger partial charge in [0.05, 0.1) is 14.2 Å². The summed E-state index contributed by atoms with van der Waals surface area (Å²) in [5.74, 6) is 0.589. The van der Waals surface area contributed by atoms with Crippen LogP contribution >= 0.6 is 0 Å². The highest BCUT2D eigenvalue weighted by Crippen LogP contribution is 2.30. The molecule has 10 nitrogen and oxygen atoms in total. The molecule has 0 spiro atoms. The summed E-state index contributed by atoms with van der Waals surface area (Å²) < 4.78 is 14.8. The molecule has 0 fully saturated rings. The van der Waals surface area contributed by atoms with Gasteiger partial charge in [0.1, 0.15) is 24.2 Å². The third kappa shape index (κ3) is 8.99. The molecule has 0 saturated heterocycles. The molecule has 0 aromatic heterocycles. The van der Waals surface area contributed by atoms with E-state index in [1.807, 2.05) is 48.5 Å². The van der Waals surface area contributed by atoms with Crippen molar-refractivity contribution < 1.29 is 34.0 Å². The summed E-state index contributed by atoms with van der Waals surface area (Å²) in [7, 11) is 2.61. The minimum Gasteiger partial charge on any atom is -0.508 e. The number of rotatable bonds is 12. The van der Waals surface area contributed by atoms with E-state index in [2.05, 4.69) is 25.4 Å². The number of methoxy groups -OCH3 is 2. The average Bonchev–Trinajstić information content (AvgIpc) is 2.93. The van der Waals surface area contributed by atoms with Crippen LogP contribution in [0.3, 0.4) is 0 Å². The van der Waals surface area contributed by atoms with Crippen molar-refractivity contribution in [1.29, 1.82) is 0 Å². The van der Waals surface area contributed by atoms with Gasteiger partial charge in [0.15, 0.2) is 0 Å². The molecule has 3 rings (SSSR count). The van der Waals surface area contributed by atoms with E-state index in [-0.39, 0.29) is 18.3 Å². The molecule has 3 aromatic rings. The lowest BCUT2D eigenvalue weighted by atomic mass is 9.88. The van der Waals surface area contributed by atoms with Gasteiger partial charge in [-0.1, -0.05) is 30.3 Å². The second-order valence-electron chi connectivity index (χ2n) is 8.48. The number of anilines is 2. The molecule has 0 aliphatic carbocycles. The Labute approximate surface area is 221 Å². The molecule has 0 radical (unpaired) electrons. The van der Waals surface area contributed by atoms with Crippen LogP contribution in [-0.2, 0) is 9.47 Å². The average molecular weight is 524 g/mol. The van der Waals surface area contributed by atoms with Crippen molar-refractivity contribution in [3.8, 4) is 11.5 Å². The summed E-state index contributed by atoms with van der Waals surface area (Å²) in [6.45, 7) is 1.02. The van der Waals surface area contributed by atoms with Crippen molar-refractivity contribution in [2.45, 2.75) is 18.4 Å². The Hall–Kier alpha value is -4.28. The summed E-state index contributed by atoms with van der Waals surface area (Å²) in [6.07, 6.45) is -1.10. The number of aromatic hydroxyl groups is 1. The highest BCUT2D eigenvalue weighted by Gasteiger charge is 2.16. The van der Waals surface area contributed by atoms with Gasteiger partial charge in [0, 0.05) is 29.9 Å². The van der Waals surface area contributed by atoms with Crippen molar-refractivity contribution in [2.24, 2.45) is 0 Å². The van der Waals surface area contributed by atoms with E-state index in [0.29, 0.717) is 36.6 Å². The molecular weight excluding hydrogens is 490 g/mol. The van der Waals surface area contributed by atoms with E-state index in [0.717, 1.165) is 11.1 Å². The maximum Gasteiger partial charge on any atom is 0.411 e. The number of nitrogens with one attached hydrogen (secondary N) is 3. The molecular formula is C28H33N3O7. The SMILES string of the molecule is COC(=O)Nc1ccc(C(CCNCC(O)COc2cccc(O)c2)c2ccc(NC(=O)OC)cc2)cc1. The van der Waals surface area contributed by atoms with Crippen LogP contribution in [0.1, 0.15) is 23.5 Å².